The van der Waals surface area contributed by atoms with Crippen molar-refractivity contribution in [1.82, 2.24) is 5.32 Å². The first-order chi connectivity index (χ1) is 11.8. The predicted octanol–water partition coefficient (Wildman–Crippen LogP) is 4.02. The molecule has 0 spiro atoms. The van der Waals surface area contributed by atoms with Gasteiger partial charge in [-0.05, 0) is 43.7 Å². The SMILES string of the molecule is CC(C)NC(=O)c1ccc(N(C)Cc2ccc(Cl)cc2)c([N+](=O)[O-])c1. The molecule has 0 bridgehead atoms. The van der Waals surface area contributed by atoms with Crippen LogP contribution in [0.3, 0.4) is 0 Å². The molecule has 1 amide bonds. The number of benzene rings is 2. The minimum atomic E-state index is -0.472. The van der Waals surface area contributed by atoms with Gasteiger partial charge in [0.2, 0.25) is 0 Å². The summed E-state index contributed by atoms with van der Waals surface area (Å²) in [5.74, 6) is -0.329. The molecule has 0 saturated carbocycles. The van der Waals surface area contributed by atoms with Crippen LogP contribution in [0.1, 0.15) is 29.8 Å². The molecule has 7 heteroatoms. The molecule has 2 aromatic carbocycles. The highest BCUT2D eigenvalue weighted by molar-refractivity contribution is 6.30. The van der Waals surface area contributed by atoms with Gasteiger partial charge in [-0.25, -0.2) is 0 Å². The fourth-order valence-electron chi connectivity index (χ4n) is 2.43. The third kappa shape index (κ3) is 4.93. The quantitative estimate of drug-likeness (QED) is 0.622. The van der Waals surface area contributed by atoms with Crippen molar-refractivity contribution < 1.29 is 9.72 Å². The van der Waals surface area contributed by atoms with Gasteiger partial charge >= 0.3 is 0 Å². The van der Waals surface area contributed by atoms with Crippen LogP contribution in [-0.2, 0) is 6.54 Å². The molecule has 132 valence electrons. The number of carbonyl (C=O) groups is 1. The van der Waals surface area contributed by atoms with Crippen LogP contribution in [0.15, 0.2) is 42.5 Å². The van der Waals surface area contributed by atoms with Crippen molar-refractivity contribution >= 4 is 28.9 Å². The molecule has 0 unspecified atom stereocenters. The molecule has 2 aromatic rings. The van der Waals surface area contributed by atoms with E-state index in [0.717, 1.165) is 5.56 Å². The summed E-state index contributed by atoms with van der Waals surface area (Å²) in [5.41, 5.74) is 1.58. The van der Waals surface area contributed by atoms with E-state index in [-0.39, 0.29) is 23.2 Å². The standard InChI is InChI=1S/C18H20ClN3O3/c1-12(2)20-18(23)14-6-9-16(17(10-14)22(24)25)21(3)11-13-4-7-15(19)8-5-13/h4-10,12H,11H2,1-3H3,(H,20,23). The van der Waals surface area contributed by atoms with Crippen molar-refractivity contribution in [3.8, 4) is 0 Å². The van der Waals surface area contributed by atoms with Gasteiger partial charge < -0.3 is 10.2 Å². The molecule has 0 aliphatic carbocycles. The summed E-state index contributed by atoms with van der Waals surface area (Å²) < 4.78 is 0. The zero-order valence-corrected chi connectivity index (χ0v) is 15.1. The second-order valence-corrected chi connectivity index (χ2v) is 6.51. The molecule has 0 radical (unpaired) electrons. The molecule has 2 rings (SSSR count). The van der Waals surface area contributed by atoms with Crippen molar-refractivity contribution in [2.24, 2.45) is 0 Å². The zero-order valence-electron chi connectivity index (χ0n) is 14.3. The second kappa shape index (κ2) is 7.98. The lowest BCUT2D eigenvalue weighted by atomic mass is 10.1. The Morgan fingerprint density at radius 2 is 1.88 bits per heavy atom. The number of rotatable bonds is 6. The Hall–Kier alpha value is -2.60. The van der Waals surface area contributed by atoms with Gasteiger partial charge in [-0.1, -0.05) is 23.7 Å². The third-order valence-electron chi connectivity index (χ3n) is 3.60. The topological polar surface area (TPSA) is 75.5 Å². The Labute approximate surface area is 151 Å². The number of anilines is 1. The lowest BCUT2D eigenvalue weighted by Crippen LogP contribution is -2.30. The van der Waals surface area contributed by atoms with E-state index >= 15 is 0 Å². The number of hydrogen-bond acceptors (Lipinski definition) is 4. The highest BCUT2D eigenvalue weighted by Gasteiger charge is 2.20. The smallest absolute Gasteiger partial charge is 0.293 e. The fraction of sp³-hybridized carbons (Fsp3) is 0.278. The molecular weight excluding hydrogens is 342 g/mol. The molecule has 0 fully saturated rings. The summed E-state index contributed by atoms with van der Waals surface area (Å²) in [5, 5.41) is 14.8. The van der Waals surface area contributed by atoms with Crippen LogP contribution in [0.5, 0.6) is 0 Å². The molecule has 0 aliphatic heterocycles. The first-order valence-electron chi connectivity index (χ1n) is 7.83. The van der Waals surface area contributed by atoms with E-state index in [1.165, 1.54) is 6.07 Å². The molecule has 0 aliphatic rings. The maximum absolute atomic E-state index is 12.1. The van der Waals surface area contributed by atoms with E-state index in [0.29, 0.717) is 17.3 Å². The fourth-order valence-corrected chi connectivity index (χ4v) is 2.55. The molecule has 6 nitrogen and oxygen atoms in total. The van der Waals surface area contributed by atoms with Gasteiger partial charge in [0.05, 0.1) is 4.92 Å². The summed E-state index contributed by atoms with van der Waals surface area (Å²) in [6.07, 6.45) is 0. The number of carbonyl (C=O) groups excluding carboxylic acids is 1. The largest absolute Gasteiger partial charge is 0.365 e. The summed E-state index contributed by atoms with van der Waals surface area (Å²) in [4.78, 5) is 24.8. The average molecular weight is 362 g/mol. The molecule has 0 heterocycles. The second-order valence-electron chi connectivity index (χ2n) is 6.07. The predicted molar refractivity (Wildman–Crippen MR) is 99.3 cm³/mol. The van der Waals surface area contributed by atoms with Crippen molar-refractivity contribution in [3.63, 3.8) is 0 Å². The van der Waals surface area contributed by atoms with Gasteiger partial charge in [0.15, 0.2) is 0 Å². The zero-order chi connectivity index (χ0) is 18.6. The lowest BCUT2D eigenvalue weighted by molar-refractivity contribution is -0.384. The Bertz CT molecular complexity index is 776. The van der Waals surface area contributed by atoms with Crippen molar-refractivity contribution in [2.75, 3.05) is 11.9 Å². The number of nitrogens with zero attached hydrogens (tertiary/aromatic N) is 2. The van der Waals surface area contributed by atoms with Crippen molar-refractivity contribution in [3.05, 3.63) is 68.7 Å². The number of nitro groups is 1. The van der Waals surface area contributed by atoms with Crippen molar-refractivity contribution in [1.29, 1.82) is 0 Å². The highest BCUT2D eigenvalue weighted by atomic mass is 35.5. The van der Waals surface area contributed by atoms with E-state index in [2.05, 4.69) is 5.32 Å². The van der Waals surface area contributed by atoms with E-state index in [1.807, 2.05) is 26.0 Å². The van der Waals surface area contributed by atoms with Gasteiger partial charge in [0, 0.05) is 36.3 Å². The van der Waals surface area contributed by atoms with Crippen LogP contribution in [0.25, 0.3) is 0 Å². The minimum Gasteiger partial charge on any atom is -0.365 e. The molecule has 1 N–H and O–H groups in total. The summed E-state index contributed by atoms with van der Waals surface area (Å²) >= 11 is 5.87. The lowest BCUT2D eigenvalue weighted by Gasteiger charge is -2.20. The van der Waals surface area contributed by atoms with Gasteiger partial charge in [0.25, 0.3) is 11.6 Å². The van der Waals surface area contributed by atoms with Crippen LogP contribution < -0.4 is 10.2 Å². The Balaban J connectivity index is 2.28. The molecular formula is C18H20ClN3O3. The normalized spacial score (nSPS) is 10.6. The molecule has 0 atom stereocenters. The Morgan fingerprint density at radius 1 is 1.24 bits per heavy atom. The van der Waals surface area contributed by atoms with E-state index in [4.69, 9.17) is 11.6 Å². The van der Waals surface area contributed by atoms with Gasteiger partial charge in [0.1, 0.15) is 5.69 Å². The van der Waals surface area contributed by atoms with Gasteiger partial charge in [-0.2, -0.15) is 0 Å². The summed E-state index contributed by atoms with van der Waals surface area (Å²) in [7, 11) is 1.77. The average Bonchev–Trinajstić information content (AvgIpc) is 2.55. The maximum atomic E-state index is 12.1. The third-order valence-corrected chi connectivity index (χ3v) is 3.85. The molecule has 25 heavy (non-hydrogen) atoms. The monoisotopic (exact) mass is 361 g/mol. The summed E-state index contributed by atoms with van der Waals surface area (Å²) in [6, 6.07) is 11.8. The van der Waals surface area contributed by atoms with E-state index in [9.17, 15) is 14.9 Å². The van der Waals surface area contributed by atoms with Crippen LogP contribution in [-0.4, -0.2) is 23.9 Å². The van der Waals surface area contributed by atoms with Gasteiger partial charge in [-0.15, -0.1) is 0 Å². The number of nitro benzene ring substituents is 1. The van der Waals surface area contributed by atoms with E-state index in [1.54, 1.807) is 36.2 Å². The maximum Gasteiger partial charge on any atom is 0.293 e. The van der Waals surface area contributed by atoms with Crippen LogP contribution in [0.4, 0.5) is 11.4 Å². The first-order valence-corrected chi connectivity index (χ1v) is 8.20. The van der Waals surface area contributed by atoms with E-state index < -0.39 is 4.92 Å². The van der Waals surface area contributed by atoms with Crippen LogP contribution in [0, 0.1) is 10.1 Å². The molecule has 0 aromatic heterocycles. The number of nitrogens with one attached hydrogen (secondary N) is 1. The minimum absolute atomic E-state index is 0.0428. The Morgan fingerprint density at radius 3 is 2.44 bits per heavy atom. The van der Waals surface area contributed by atoms with Gasteiger partial charge in [-0.3, -0.25) is 14.9 Å². The van der Waals surface area contributed by atoms with Crippen LogP contribution >= 0.6 is 11.6 Å². The van der Waals surface area contributed by atoms with Crippen molar-refractivity contribution in [2.45, 2.75) is 26.4 Å². The first kappa shape index (κ1) is 18.7. The Kier molecular flexibility index (Phi) is 5.98. The number of halogens is 1. The number of amides is 1. The van der Waals surface area contributed by atoms with Crippen LogP contribution in [0.2, 0.25) is 5.02 Å². The molecule has 0 saturated heterocycles. The number of hydrogen-bond donors (Lipinski definition) is 1. The highest BCUT2D eigenvalue weighted by Crippen LogP contribution is 2.29. The summed E-state index contributed by atoms with van der Waals surface area (Å²) in [6.45, 7) is 4.15.